The number of nitrogens with zero attached hydrogens (tertiary/aromatic N) is 4. The number of hydrazone groups is 1. The van der Waals surface area contributed by atoms with Crippen molar-refractivity contribution in [2.45, 2.75) is 18.6 Å². The van der Waals surface area contributed by atoms with Gasteiger partial charge in [0.15, 0.2) is 5.60 Å². The van der Waals surface area contributed by atoms with Crippen LogP contribution in [-0.2, 0) is 12.1 Å². The summed E-state index contributed by atoms with van der Waals surface area (Å²) in [4.78, 5) is 6.83. The molecule has 6 rings (SSSR count). The van der Waals surface area contributed by atoms with E-state index >= 15 is 0 Å². The minimum Gasteiger partial charge on any atom is -0.396 e. The molecule has 11 heteroatoms. The first-order chi connectivity index (χ1) is 19.5. The highest BCUT2D eigenvalue weighted by Gasteiger charge is 2.41. The predicted molar refractivity (Wildman–Crippen MR) is 156 cm³/mol. The van der Waals surface area contributed by atoms with Crippen LogP contribution in [0.2, 0.25) is 5.02 Å². The number of aliphatic hydroxyl groups excluding tert-OH is 1. The number of hydrogen-bond donors (Lipinski definition) is 6. The molecule has 0 amide bonds. The van der Waals surface area contributed by atoms with Gasteiger partial charge in [0.2, 0.25) is 0 Å². The van der Waals surface area contributed by atoms with E-state index in [0.717, 1.165) is 40.2 Å². The van der Waals surface area contributed by atoms with Crippen LogP contribution in [0.1, 0.15) is 34.2 Å². The third-order valence-corrected chi connectivity index (χ3v) is 7.53. The molecular weight excluding hydrogens is 528 g/mol. The van der Waals surface area contributed by atoms with Gasteiger partial charge in [-0.1, -0.05) is 54.1 Å². The maximum atomic E-state index is 12.6. The lowest BCUT2D eigenvalue weighted by atomic mass is 9.81. The van der Waals surface area contributed by atoms with Crippen LogP contribution in [0.15, 0.2) is 88.7 Å². The van der Waals surface area contributed by atoms with E-state index in [1.165, 1.54) is 0 Å². The van der Waals surface area contributed by atoms with Crippen molar-refractivity contribution in [3.8, 4) is 0 Å². The van der Waals surface area contributed by atoms with Crippen LogP contribution in [0.25, 0.3) is 0 Å². The number of benzene rings is 3. The monoisotopic (exact) mass is 558 g/mol. The van der Waals surface area contributed by atoms with Gasteiger partial charge in [-0.05, 0) is 53.9 Å². The molecule has 3 heterocycles. The quantitative estimate of drug-likeness (QED) is 0.222. The molecule has 0 aromatic heterocycles. The van der Waals surface area contributed by atoms with Crippen LogP contribution >= 0.6 is 11.6 Å². The largest absolute Gasteiger partial charge is 0.396 e. The molecule has 0 aliphatic carbocycles. The number of halogens is 1. The zero-order chi connectivity index (χ0) is 27.7. The average Bonchev–Trinajstić information content (AvgIpc) is 3.64. The van der Waals surface area contributed by atoms with Crippen molar-refractivity contribution in [3.63, 3.8) is 0 Å². The fraction of sp³-hybridized carbons (Fsp3) is 0.241. The first-order valence-electron chi connectivity index (χ1n) is 13.2. The van der Waals surface area contributed by atoms with Crippen molar-refractivity contribution >= 4 is 29.0 Å². The minimum atomic E-state index is -1.44. The van der Waals surface area contributed by atoms with Gasteiger partial charge >= 0.3 is 0 Å². The number of hydrogen-bond acceptors (Lipinski definition) is 10. The van der Waals surface area contributed by atoms with Gasteiger partial charge in [-0.2, -0.15) is 0 Å². The van der Waals surface area contributed by atoms with Gasteiger partial charge < -0.3 is 25.7 Å². The van der Waals surface area contributed by atoms with E-state index < -0.39 is 5.60 Å². The molecule has 40 heavy (non-hydrogen) atoms. The normalized spacial score (nSPS) is 17.2. The number of guanidine groups is 1. The molecule has 10 nitrogen and oxygen atoms in total. The Balaban J connectivity index is 1.44. The summed E-state index contributed by atoms with van der Waals surface area (Å²) >= 11 is 6.35. The fourth-order valence-electron chi connectivity index (χ4n) is 5.25. The minimum absolute atomic E-state index is 0.165. The Morgan fingerprint density at radius 2 is 1.90 bits per heavy atom. The van der Waals surface area contributed by atoms with E-state index in [9.17, 15) is 5.11 Å². The van der Waals surface area contributed by atoms with Gasteiger partial charge in [-0.25, -0.2) is 15.5 Å². The van der Waals surface area contributed by atoms with Crippen LogP contribution in [0, 0.1) is 0 Å². The maximum Gasteiger partial charge on any atom is 0.265 e. The average molecular weight is 559 g/mol. The number of likely N-dealkylation sites (N-methyl/N-ethyl adjacent to an activating group) is 1. The summed E-state index contributed by atoms with van der Waals surface area (Å²) in [6.07, 6.45) is 2.58. The summed E-state index contributed by atoms with van der Waals surface area (Å²) in [7, 11) is 1.95. The summed E-state index contributed by atoms with van der Waals surface area (Å²) in [5, 5.41) is 34.9. The number of fused-ring (bicyclic) bond motifs is 3. The second-order valence-corrected chi connectivity index (χ2v) is 10.4. The van der Waals surface area contributed by atoms with Crippen LogP contribution < -0.4 is 26.7 Å². The molecular formula is C29H31ClN8O2. The van der Waals surface area contributed by atoms with E-state index in [1.807, 2.05) is 84.9 Å². The molecule has 0 saturated heterocycles. The van der Waals surface area contributed by atoms with Crippen molar-refractivity contribution in [3.05, 3.63) is 111 Å². The fourth-order valence-corrected chi connectivity index (χ4v) is 5.44. The summed E-state index contributed by atoms with van der Waals surface area (Å²) < 4.78 is 0. The lowest BCUT2D eigenvalue weighted by Gasteiger charge is -2.35. The van der Waals surface area contributed by atoms with E-state index in [-0.39, 0.29) is 6.61 Å². The summed E-state index contributed by atoms with van der Waals surface area (Å²) in [5.74, 6) is 0.483. The predicted octanol–water partition coefficient (Wildman–Crippen LogP) is 2.33. The summed E-state index contributed by atoms with van der Waals surface area (Å²) in [6, 6.07) is 21.4. The standard InChI is InChI=1S/C29H31ClN8O2/c1-37-18-32-17-26(37)29(40,21-8-6-19(7-9-21)16-31-12-3-13-39)22-10-11-25-24(15-22)27(20-4-2-5-23(30)14-20)33-28-34-35-36-38(25)28/h2,4-11,14-15,17,31-32,35-36,39-40H,3,12-13,16,18H2,1H3. The molecule has 1 unspecified atom stereocenters. The number of aliphatic hydroxyl groups is 2. The van der Waals surface area contributed by atoms with Crippen molar-refractivity contribution in [2.24, 2.45) is 10.1 Å². The highest BCUT2D eigenvalue weighted by Crippen LogP contribution is 2.41. The molecule has 206 valence electrons. The lowest BCUT2D eigenvalue weighted by Crippen LogP contribution is -2.44. The first-order valence-corrected chi connectivity index (χ1v) is 13.5. The molecule has 0 saturated carbocycles. The van der Waals surface area contributed by atoms with Gasteiger partial charge in [0, 0.05) is 42.5 Å². The number of nitrogens with one attached hydrogen (secondary N) is 4. The molecule has 1 atom stereocenters. The number of anilines is 1. The second kappa shape index (κ2) is 10.9. The zero-order valence-electron chi connectivity index (χ0n) is 22.0. The van der Waals surface area contributed by atoms with Crippen molar-refractivity contribution in [1.82, 2.24) is 26.6 Å². The van der Waals surface area contributed by atoms with E-state index in [1.54, 1.807) is 5.01 Å². The Labute approximate surface area is 237 Å². The van der Waals surface area contributed by atoms with Crippen molar-refractivity contribution < 1.29 is 10.2 Å². The number of hydrazine groups is 2. The molecule has 0 fully saturated rings. The van der Waals surface area contributed by atoms with Gasteiger partial charge in [-0.15, -0.1) is 10.6 Å². The van der Waals surface area contributed by atoms with Crippen molar-refractivity contribution in [1.29, 1.82) is 0 Å². The van der Waals surface area contributed by atoms with Gasteiger partial charge in [0.1, 0.15) is 0 Å². The lowest BCUT2D eigenvalue weighted by molar-refractivity contribution is 0.0930. The second-order valence-electron chi connectivity index (χ2n) is 9.92. The Hall–Kier alpha value is -3.93. The molecule has 3 aliphatic heterocycles. The molecule has 0 spiro atoms. The Bertz CT molecular complexity index is 1510. The molecule has 3 aromatic rings. The van der Waals surface area contributed by atoms with Gasteiger partial charge in [-0.3, -0.25) is 0 Å². The third kappa shape index (κ3) is 4.70. The highest BCUT2D eigenvalue weighted by molar-refractivity contribution is 6.32. The third-order valence-electron chi connectivity index (χ3n) is 7.30. The van der Waals surface area contributed by atoms with Crippen LogP contribution in [0.5, 0.6) is 0 Å². The van der Waals surface area contributed by atoms with E-state index in [2.05, 4.69) is 26.8 Å². The summed E-state index contributed by atoms with van der Waals surface area (Å²) in [6.45, 7) is 2.18. The molecule has 6 N–H and O–H groups in total. The van der Waals surface area contributed by atoms with E-state index in [0.29, 0.717) is 41.9 Å². The molecule has 3 aliphatic rings. The Morgan fingerprint density at radius 1 is 1.07 bits per heavy atom. The van der Waals surface area contributed by atoms with E-state index in [4.69, 9.17) is 21.7 Å². The Morgan fingerprint density at radius 3 is 2.65 bits per heavy atom. The van der Waals surface area contributed by atoms with Gasteiger partial charge in [0.25, 0.3) is 5.96 Å². The number of aliphatic imine (C=N–C) groups is 1. The van der Waals surface area contributed by atoms with Crippen LogP contribution in [-0.4, -0.2) is 53.7 Å². The number of rotatable bonds is 9. The van der Waals surface area contributed by atoms with Crippen LogP contribution in [0.4, 0.5) is 5.69 Å². The molecule has 3 aromatic carbocycles. The highest BCUT2D eigenvalue weighted by atomic mass is 35.5. The molecule has 0 radical (unpaired) electrons. The summed E-state index contributed by atoms with van der Waals surface area (Å²) in [5.41, 5.74) is 10.8. The topological polar surface area (TPSA) is 120 Å². The van der Waals surface area contributed by atoms with Crippen molar-refractivity contribution in [2.75, 3.05) is 31.9 Å². The van der Waals surface area contributed by atoms with Gasteiger partial charge in [0.05, 0.1) is 23.8 Å². The zero-order valence-corrected chi connectivity index (χ0v) is 22.8. The Kier molecular flexibility index (Phi) is 7.18. The smallest absolute Gasteiger partial charge is 0.265 e. The maximum absolute atomic E-state index is 12.6. The molecule has 0 bridgehead atoms. The SMILES string of the molecule is CN1CNC=C1C(O)(c1ccc(CNCCCO)cc1)c1ccc2c(c1)C(c1cccc(Cl)c1)=NC1=NNNN12. The van der Waals surface area contributed by atoms with Crippen LogP contribution in [0.3, 0.4) is 0 Å². The first kappa shape index (κ1) is 26.3.